The zero-order chi connectivity index (χ0) is 13.8. The van der Waals surface area contributed by atoms with Gasteiger partial charge in [-0.25, -0.2) is 18.7 Å². The van der Waals surface area contributed by atoms with E-state index in [0.29, 0.717) is 17.9 Å². The van der Waals surface area contributed by atoms with Gasteiger partial charge in [0.05, 0.1) is 0 Å². The predicted octanol–water partition coefficient (Wildman–Crippen LogP) is 2.72. The summed E-state index contributed by atoms with van der Waals surface area (Å²) in [5, 5.41) is 6.02. The second-order valence-electron chi connectivity index (χ2n) is 4.05. The van der Waals surface area contributed by atoms with Crippen LogP contribution in [-0.2, 0) is 6.54 Å². The van der Waals surface area contributed by atoms with Crippen LogP contribution in [0.1, 0.15) is 11.1 Å². The monoisotopic (exact) mass is 264 g/mol. The molecule has 1 heterocycles. The summed E-state index contributed by atoms with van der Waals surface area (Å²) in [7, 11) is 1.77. The second kappa shape index (κ2) is 5.60. The minimum absolute atomic E-state index is 0.359. The standard InChI is InChI=1S/C13H14F2N4/c1-8-12(16-2)18-7-19-13(8)17-6-9-3-4-10(14)11(15)5-9/h3-5,7H,6H2,1-2H3,(H2,16,17,18,19). The summed E-state index contributed by atoms with van der Waals surface area (Å²) in [6.07, 6.45) is 1.44. The van der Waals surface area contributed by atoms with Crippen LogP contribution in [0.5, 0.6) is 0 Å². The lowest BCUT2D eigenvalue weighted by atomic mass is 10.2. The molecule has 0 spiro atoms. The molecule has 2 N–H and O–H groups in total. The van der Waals surface area contributed by atoms with E-state index >= 15 is 0 Å². The van der Waals surface area contributed by atoms with Crippen LogP contribution in [-0.4, -0.2) is 17.0 Å². The fourth-order valence-electron chi connectivity index (χ4n) is 1.72. The van der Waals surface area contributed by atoms with Crippen molar-refractivity contribution in [1.29, 1.82) is 0 Å². The Labute approximate surface area is 109 Å². The van der Waals surface area contributed by atoms with Gasteiger partial charge in [0.1, 0.15) is 18.0 Å². The first-order valence-electron chi connectivity index (χ1n) is 5.79. The van der Waals surface area contributed by atoms with Crippen LogP contribution in [0, 0.1) is 18.6 Å². The molecule has 0 saturated carbocycles. The van der Waals surface area contributed by atoms with Gasteiger partial charge in [-0.05, 0) is 24.6 Å². The minimum atomic E-state index is -0.852. The maximum atomic E-state index is 13.1. The zero-order valence-corrected chi connectivity index (χ0v) is 10.7. The Morgan fingerprint density at radius 1 is 1.11 bits per heavy atom. The number of nitrogens with one attached hydrogen (secondary N) is 2. The number of nitrogens with zero attached hydrogens (tertiary/aromatic N) is 2. The highest BCUT2D eigenvalue weighted by atomic mass is 19.2. The maximum absolute atomic E-state index is 13.1. The summed E-state index contributed by atoms with van der Waals surface area (Å²) < 4.78 is 25.9. The normalized spacial score (nSPS) is 10.3. The Morgan fingerprint density at radius 2 is 1.84 bits per heavy atom. The van der Waals surface area contributed by atoms with Gasteiger partial charge in [-0.2, -0.15) is 0 Å². The highest BCUT2D eigenvalue weighted by Gasteiger charge is 2.06. The van der Waals surface area contributed by atoms with Crippen LogP contribution in [0.25, 0.3) is 0 Å². The van der Waals surface area contributed by atoms with E-state index < -0.39 is 11.6 Å². The number of benzene rings is 1. The lowest BCUT2D eigenvalue weighted by Gasteiger charge is -2.11. The fraction of sp³-hybridized carbons (Fsp3) is 0.231. The van der Waals surface area contributed by atoms with E-state index in [1.165, 1.54) is 12.4 Å². The molecule has 100 valence electrons. The molecule has 2 aromatic rings. The Hall–Kier alpha value is -2.24. The topological polar surface area (TPSA) is 49.8 Å². The van der Waals surface area contributed by atoms with Crippen molar-refractivity contribution in [2.45, 2.75) is 13.5 Å². The summed E-state index contributed by atoms with van der Waals surface area (Å²) in [4.78, 5) is 8.18. The second-order valence-corrected chi connectivity index (χ2v) is 4.05. The molecule has 19 heavy (non-hydrogen) atoms. The van der Waals surface area contributed by atoms with Gasteiger partial charge in [0.25, 0.3) is 0 Å². The molecule has 0 saturated heterocycles. The molecule has 2 rings (SSSR count). The first-order chi connectivity index (χ1) is 9.11. The van der Waals surface area contributed by atoms with E-state index in [4.69, 9.17) is 0 Å². The molecule has 0 atom stereocenters. The molecule has 0 unspecified atom stereocenters. The van der Waals surface area contributed by atoms with Crippen molar-refractivity contribution in [2.75, 3.05) is 17.7 Å². The van der Waals surface area contributed by atoms with Gasteiger partial charge in [0, 0.05) is 19.2 Å². The van der Waals surface area contributed by atoms with Crippen molar-refractivity contribution in [3.63, 3.8) is 0 Å². The third-order valence-corrected chi connectivity index (χ3v) is 2.76. The average Bonchev–Trinajstić information content (AvgIpc) is 2.41. The van der Waals surface area contributed by atoms with E-state index in [-0.39, 0.29) is 0 Å². The molecule has 0 radical (unpaired) electrons. The first kappa shape index (κ1) is 13.2. The molecule has 0 bridgehead atoms. The number of hydrogen-bond donors (Lipinski definition) is 2. The largest absolute Gasteiger partial charge is 0.373 e. The van der Waals surface area contributed by atoms with Gasteiger partial charge in [0.2, 0.25) is 0 Å². The van der Waals surface area contributed by atoms with Gasteiger partial charge in [0.15, 0.2) is 11.6 Å². The lowest BCUT2D eigenvalue weighted by molar-refractivity contribution is 0.507. The molecular formula is C13H14F2N4. The Bertz CT molecular complexity index is 587. The maximum Gasteiger partial charge on any atom is 0.159 e. The van der Waals surface area contributed by atoms with Crippen molar-refractivity contribution in [3.8, 4) is 0 Å². The van der Waals surface area contributed by atoms with Crippen LogP contribution in [0.15, 0.2) is 24.5 Å². The van der Waals surface area contributed by atoms with Gasteiger partial charge >= 0.3 is 0 Å². The third-order valence-electron chi connectivity index (χ3n) is 2.76. The number of anilines is 2. The molecular weight excluding hydrogens is 250 g/mol. The molecule has 0 aliphatic carbocycles. The fourth-order valence-corrected chi connectivity index (χ4v) is 1.72. The van der Waals surface area contributed by atoms with Gasteiger partial charge in [-0.1, -0.05) is 6.07 Å². The third kappa shape index (κ3) is 2.96. The quantitative estimate of drug-likeness (QED) is 0.891. The van der Waals surface area contributed by atoms with E-state index in [0.717, 1.165) is 23.5 Å². The van der Waals surface area contributed by atoms with E-state index in [2.05, 4.69) is 20.6 Å². The first-order valence-corrected chi connectivity index (χ1v) is 5.79. The van der Waals surface area contributed by atoms with E-state index in [1.807, 2.05) is 6.92 Å². The summed E-state index contributed by atoms with van der Waals surface area (Å²) in [5.74, 6) is -0.319. The number of halogens is 2. The van der Waals surface area contributed by atoms with Crippen molar-refractivity contribution >= 4 is 11.6 Å². The smallest absolute Gasteiger partial charge is 0.159 e. The predicted molar refractivity (Wildman–Crippen MR) is 70.0 cm³/mol. The van der Waals surface area contributed by atoms with Crippen LogP contribution >= 0.6 is 0 Å². The van der Waals surface area contributed by atoms with Gasteiger partial charge < -0.3 is 10.6 Å². The Kier molecular flexibility index (Phi) is 3.89. The average molecular weight is 264 g/mol. The zero-order valence-electron chi connectivity index (χ0n) is 10.7. The summed E-state index contributed by atoms with van der Waals surface area (Å²) >= 11 is 0. The Morgan fingerprint density at radius 3 is 2.53 bits per heavy atom. The molecule has 4 nitrogen and oxygen atoms in total. The number of hydrogen-bond acceptors (Lipinski definition) is 4. The highest BCUT2D eigenvalue weighted by Crippen LogP contribution is 2.18. The van der Waals surface area contributed by atoms with Gasteiger partial charge in [-0.3, -0.25) is 0 Å². The molecule has 1 aromatic carbocycles. The SMILES string of the molecule is CNc1ncnc(NCc2ccc(F)c(F)c2)c1C. The van der Waals surface area contributed by atoms with Crippen molar-refractivity contribution < 1.29 is 8.78 Å². The van der Waals surface area contributed by atoms with Crippen molar-refractivity contribution in [1.82, 2.24) is 9.97 Å². The van der Waals surface area contributed by atoms with Crippen LogP contribution in [0.3, 0.4) is 0 Å². The Balaban J connectivity index is 2.12. The van der Waals surface area contributed by atoms with E-state index in [9.17, 15) is 8.78 Å². The van der Waals surface area contributed by atoms with E-state index in [1.54, 1.807) is 7.05 Å². The number of rotatable bonds is 4. The summed E-state index contributed by atoms with van der Waals surface area (Å²) in [6, 6.07) is 3.80. The minimum Gasteiger partial charge on any atom is -0.373 e. The van der Waals surface area contributed by atoms with Crippen LogP contribution < -0.4 is 10.6 Å². The van der Waals surface area contributed by atoms with Crippen LogP contribution in [0.4, 0.5) is 20.4 Å². The lowest BCUT2D eigenvalue weighted by Crippen LogP contribution is -2.06. The molecule has 0 fully saturated rings. The summed E-state index contributed by atoms with van der Waals surface area (Å²) in [5.41, 5.74) is 1.51. The molecule has 0 amide bonds. The van der Waals surface area contributed by atoms with Crippen LogP contribution in [0.2, 0.25) is 0 Å². The molecule has 0 aliphatic rings. The molecule has 1 aromatic heterocycles. The molecule has 0 aliphatic heterocycles. The van der Waals surface area contributed by atoms with Gasteiger partial charge in [-0.15, -0.1) is 0 Å². The van der Waals surface area contributed by atoms with Crippen molar-refractivity contribution in [3.05, 3.63) is 47.3 Å². The number of aromatic nitrogens is 2. The summed E-state index contributed by atoms with van der Waals surface area (Å²) in [6.45, 7) is 2.23. The highest BCUT2D eigenvalue weighted by molar-refractivity contribution is 5.56. The molecule has 6 heteroatoms. The van der Waals surface area contributed by atoms with Crippen molar-refractivity contribution in [2.24, 2.45) is 0 Å².